The molecule has 0 saturated heterocycles. The van der Waals surface area contributed by atoms with E-state index in [-0.39, 0.29) is 0 Å². The lowest BCUT2D eigenvalue weighted by Gasteiger charge is -2.27. The number of carbonyl (C=O) groups is 3. The smallest absolute Gasteiger partial charge is 0.408 e. The molecule has 0 aromatic rings. The Labute approximate surface area is 105 Å². The number of esters is 1. The predicted octanol–water partition coefficient (Wildman–Crippen LogP) is 0.918. The first-order chi connectivity index (χ1) is 7.96. The molecule has 7 nitrogen and oxygen atoms in total. The SMILES string of the molecule is CC(=O)OC[C@@](C)(NC(=O)OC(C)(C)C)C(=O)O. The van der Waals surface area contributed by atoms with Crippen molar-refractivity contribution in [2.45, 2.75) is 45.8 Å². The Morgan fingerprint density at radius 3 is 2.00 bits per heavy atom. The molecule has 1 amide bonds. The summed E-state index contributed by atoms with van der Waals surface area (Å²) in [5.74, 6) is -1.96. The Hall–Kier alpha value is -1.79. The van der Waals surface area contributed by atoms with E-state index in [0.717, 1.165) is 6.92 Å². The van der Waals surface area contributed by atoms with Crippen LogP contribution in [0.4, 0.5) is 4.79 Å². The maximum Gasteiger partial charge on any atom is 0.408 e. The zero-order chi connectivity index (χ0) is 14.6. The molecule has 0 heterocycles. The maximum absolute atomic E-state index is 11.5. The van der Waals surface area contributed by atoms with Crippen molar-refractivity contribution in [2.24, 2.45) is 0 Å². The molecule has 0 unspecified atom stereocenters. The average molecular weight is 261 g/mol. The molecular formula is C11H19NO6. The highest BCUT2D eigenvalue weighted by Crippen LogP contribution is 2.10. The Kier molecular flexibility index (Phi) is 5.13. The summed E-state index contributed by atoms with van der Waals surface area (Å²) in [5.41, 5.74) is -2.47. The molecule has 1 atom stereocenters. The fourth-order valence-electron chi connectivity index (χ4n) is 0.926. The van der Waals surface area contributed by atoms with Gasteiger partial charge < -0.3 is 19.9 Å². The van der Waals surface area contributed by atoms with Crippen molar-refractivity contribution in [3.63, 3.8) is 0 Å². The second-order valence-corrected chi connectivity index (χ2v) is 5.04. The second kappa shape index (κ2) is 5.70. The summed E-state index contributed by atoms with van der Waals surface area (Å²) in [5, 5.41) is 11.2. The van der Waals surface area contributed by atoms with E-state index in [4.69, 9.17) is 9.84 Å². The third kappa shape index (κ3) is 6.07. The molecule has 0 radical (unpaired) electrons. The summed E-state index contributed by atoms with van der Waals surface area (Å²) in [6.45, 7) is 6.85. The normalized spacial score (nSPS) is 14.3. The van der Waals surface area contributed by atoms with Crippen molar-refractivity contribution in [3.05, 3.63) is 0 Å². The molecular weight excluding hydrogens is 242 g/mol. The third-order valence-corrected chi connectivity index (χ3v) is 1.81. The van der Waals surface area contributed by atoms with E-state index < -0.39 is 35.8 Å². The molecule has 0 rings (SSSR count). The van der Waals surface area contributed by atoms with Gasteiger partial charge >= 0.3 is 18.0 Å². The summed E-state index contributed by atoms with van der Waals surface area (Å²) < 4.78 is 9.55. The predicted molar refractivity (Wildman–Crippen MR) is 62.0 cm³/mol. The van der Waals surface area contributed by atoms with E-state index >= 15 is 0 Å². The minimum absolute atomic E-state index is 0.475. The lowest BCUT2D eigenvalue weighted by Crippen LogP contribution is -2.56. The Morgan fingerprint density at radius 1 is 1.17 bits per heavy atom. The van der Waals surface area contributed by atoms with Gasteiger partial charge in [-0.3, -0.25) is 4.79 Å². The van der Waals surface area contributed by atoms with Crippen LogP contribution in [0, 0.1) is 0 Å². The van der Waals surface area contributed by atoms with Crippen LogP contribution in [0.25, 0.3) is 0 Å². The molecule has 0 fully saturated rings. The van der Waals surface area contributed by atoms with Crippen molar-refractivity contribution in [1.29, 1.82) is 0 Å². The number of hydrogen-bond acceptors (Lipinski definition) is 5. The number of carboxylic acid groups (broad SMARTS) is 1. The molecule has 0 aliphatic rings. The number of alkyl carbamates (subject to hydrolysis) is 1. The van der Waals surface area contributed by atoms with Crippen LogP contribution < -0.4 is 5.32 Å². The minimum Gasteiger partial charge on any atom is -0.479 e. The van der Waals surface area contributed by atoms with E-state index in [2.05, 4.69) is 10.1 Å². The number of ether oxygens (including phenoxy) is 2. The number of aliphatic carboxylic acids is 1. The average Bonchev–Trinajstić information content (AvgIpc) is 2.11. The molecule has 104 valence electrons. The molecule has 0 saturated carbocycles. The van der Waals surface area contributed by atoms with Gasteiger partial charge in [-0.25, -0.2) is 9.59 Å². The largest absolute Gasteiger partial charge is 0.479 e. The van der Waals surface area contributed by atoms with E-state index in [1.807, 2.05) is 0 Å². The van der Waals surface area contributed by atoms with E-state index in [9.17, 15) is 14.4 Å². The Balaban J connectivity index is 4.66. The number of amides is 1. The van der Waals surface area contributed by atoms with Crippen LogP contribution in [0.15, 0.2) is 0 Å². The summed E-state index contributed by atoms with van der Waals surface area (Å²) >= 11 is 0. The van der Waals surface area contributed by atoms with Crippen molar-refractivity contribution in [3.8, 4) is 0 Å². The van der Waals surface area contributed by atoms with Gasteiger partial charge in [-0.15, -0.1) is 0 Å². The topological polar surface area (TPSA) is 102 Å². The van der Waals surface area contributed by atoms with Crippen LogP contribution in [0.5, 0.6) is 0 Å². The summed E-state index contributed by atoms with van der Waals surface area (Å²) in [4.78, 5) is 33.2. The molecule has 0 bridgehead atoms. The third-order valence-electron chi connectivity index (χ3n) is 1.81. The van der Waals surface area contributed by atoms with Crippen LogP contribution in [0.3, 0.4) is 0 Å². The van der Waals surface area contributed by atoms with Gasteiger partial charge in [0, 0.05) is 6.92 Å². The van der Waals surface area contributed by atoms with Crippen molar-refractivity contribution >= 4 is 18.0 Å². The van der Waals surface area contributed by atoms with E-state index in [1.54, 1.807) is 20.8 Å². The molecule has 7 heteroatoms. The number of carboxylic acids is 1. The number of nitrogens with one attached hydrogen (secondary N) is 1. The molecule has 0 aromatic carbocycles. The number of carbonyl (C=O) groups excluding carboxylic acids is 2. The first-order valence-corrected chi connectivity index (χ1v) is 5.34. The fourth-order valence-corrected chi connectivity index (χ4v) is 0.926. The highest BCUT2D eigenvalue weighted by Gasteiger charge is 2.37. The molecule has 0 aliphatic heterocycles. The van der Waals surface area contributed by atoms with Crippen LogP contribution in [-0.4, -0.2) is 40.9 Å². The van der Waals surface area contributed by atoms with Crippen LogP contribution in [0.2, 0.25) is 0 Å². The Morgan fingerprint density at radius 2 is 1.67 bits per heavy atom. The highest BCUT2D eigenvalue weighted by atomic mass is 16.6. The zero-order valence-corrected chi connectivity index (χ0v) is 11.2. The van der Waals surface area contributed by atoms with Crippen molar-refractivity contribution < 1.29 is 29.0 Å². The van der Waals surface area contributed by atoms with Crippen molar-refractivity contribution in [1.82, 2.24) is 5.32 Å². The standard InChI is InChI=1S/C11H19NO6/c1-7(13)17-6-11(5,8(14)15)12-9(16)18-10(2,3)4/h6H2,1-5H3,(H,12,16)(H,14,15)/t11-/m1/s1. The monoisotopic (exact) mass is 261 g/mol. The van der Waals surface area contributed by atoms with Gasteiger partial charge in [0.15, 0.2) is 5.54 Å². The summed E-state index contributed by atoms with van der Waals surface area (Å²) in [6, 6.07) is 0. The summed E-state index contributed by atoms with van der Waals surface area (Å²) in [7, 11) is 0. The van der Waals surface area contributed by atoms with Crippen molar-refractivity contribution in [2.75, 3.05) is 6.61 Å². The maximum atomic E-state index is 11.5. The lowest BCUT2D eigenvalue weighted by molar-refractivity contribution is -0.152. The van der Waals surface area contributed by atoms with Gasteiger partial charge in [-0.2, -0.15) is 0 Å². The van der Waals surface area contributed by atoms with Gasteiger partial charge in [0.1, 0.15) is 12.2 Å². The van der Waals surface area contributed by atoms with Gasteiger partial charge in [-0.1, -0.05) is 0 Å². The number of rotatable bonds is 4. The summed E-state index contributed by atoms with van der Waals surface area (Å²) in [6.07, 6.45) is -0.889. The molecule has 2 N–H and O–H groups in total. The van der Waals surface area contributed by atoms with Gasteiger partial charge in [-0.05, 0) is 27.7 Å². The molecule has 0 aliphatic carbocycles. The van der Waals surface area contributed by atoms with Crippen LogP contribution in [0.1, 0.15) is 34.6 Å². The fraction of sp³-hybridized carbons (Fsp3) is 0.727. The zero-order valence-electron chi connectivity index (χ0n) is 11.2. The molecule has 0 aromatic heterocycles. The van der Waals surface area contributed by atoms with Gasteiger partial charge in [0.05, 0.1) is 0 Å². The first kappa shape index (κ1) is 16.2. The second-order valence-electron chi connectivity index (χ2n) is 5.04. The molecule has 0 spiro atoms. The lowest BCUT2D eigenvalue weighted by atomic mass is 10.1. The van der Waals surface area contributed by atoms with Crippen LogP contribution >= 0.6 is 0 Å². The quantitative estimate of drug-likeness (QED) is 0.729. The van der Waals surface area contributed by atoms with E-state index in [0.29, 0.717) is 0 Å². The molecule has 18 heavy (non-hydrogen) atoms. The minimum atomic E-state index is -1.73. The van der Waals surface area contributed by atoms with Gasteiger partial charge in [0.2, 0.25) is 0 Å². The van der Waals surface area contributed by atoms with Crippen LogP contribution in [-0.2, 0) is 19.1 Å². The first-order valence-electron chi connectivity index (χ1n) is 5.34. The van der Waals surface area contributed by atoms with Gasteiger partial charge in [0.25, 0.3) is 0 Å². The number of hydrogen-bond donors (Lipinski definition) is 2. The Bertz CT molecular complexity index is 346. The van der Waals surface area contributed by atoms with E-state index in [1.165, 1.54) is 6.92 Å². The highest BCUT2D eigenvalue weighted by molar-refractivity contribution is 5.84.